The smallest absolute Gasteiger partial charge is 0.251 e. The van der Waals surface area contributed by atoms with E-state index in [1.54, 1.807) is 17.7 Å². The number of amides is 1. The summed E-state index contributed by atoms with van der Waals surface area (Å²) < 4.78 is 0. The summed E-state index contributed by atoms with van der Waals surface area (Å²) >= 11 is 1.69. The van der Waals surface area contributed by atoms with Crippen molar-refractivity contribution in [1.29, 1.82) is 0 Å². The van der Waals surface area contributed by atoms with Crippen molar-refractivity contribution >= 4 is 34.1 Å². The van der Waals surface area contributed by atoms with Crippen LogP contribution in [-0.2, 0) is 0 Å². The van der Waals surface area contributed by atoms with E-state index >= 15 is 0 Å². The highest BCUT2D eigenvalue weighted by atomic mass is 32.1. The highest BCUT2D eigenvalue weighted by Crippen LogP contribution is 2.27. The van der Waals surface area contributed by atoms with E-state index in [-0.39, 0.29) is 11.9 Å². The van der Waals surface area contributed by atoms with Crippen LogP contribution in [0.4, 0.5) is 5.82 Å². The van der Waals surface area contributed by atoms with E-state index in [0.29, 0.717) is 5.56 Å². The van der Waals surface area contributed by atoms with Crippen LogP contribution >= 0.6 is 11.3 Å². The van der Waals surface area contributed by atoms with Crippen LogP contribution in [0.1, 0.15) is 16.8 Å². The van der Waals surface area contributed by atoms with Crippen molar-refractivity contribution in [2.24, 2.45) is 0 Å². The van der Waals surface area contributed by atoms with Gasteiger partial charge in [-0.3, -0.25) is 9.89 Å². The van der Waals surface area contributed by atoms with Gasteiger partial charge in [-0.15, -0.1) is 11.3 Å². The molecule has 0 saturated carbocycles. The third-order valence-corrected chi connectivity index (χ3v) is 5.78. The Morgan fingerprint density at radius 1 is 1.30 bits per heavy atom. The van der Waals surface area contributed by atoms with Gasteiger partial charge in [0.1, 0.15) is 0 Å². The number of H-pyrrole nitrogens is 2. The fourth-order valence-electron chi connectivity index (χ4n) is 3.46. The second kappa shape index (κ2) is 6.55. The van der Waals surface area contributed by atoms with Crippen LogP contribution in [0.25, 0.3) is 21.6 Å². The molecule has 27 heavy (non-hydrogen) atoms. The number of rotatable bonds is 4. The molecule has 1 aliphatic heterocycles. The highest BCUT2D eigenvalue weighted by molar-refractivity contribution is 7.13. The van der Waals surface area contributed by atoms with Crippen molar-refractivity contribution in [2.75, 3.05) is 18.0 Å². The Hall–Kier alpha value is -3.13. The monoisotopic (exact) mass is 378 g/mol. The molecule has 4 heterocycles. The summed E-state index contributed by atoms with van der Waals surface area (Å²) in [5, 5.41) is 12.7. The van der Waals surface area contributed by atoms with Crippen molar-refractivity contribution in [2.45, 2.75) is 12.5 Å². The first kappa shape index (κ1) is 16.1. The van der Waals surface area contributed by atoms with E-state index in [0.717, 1.165) is 42.1 Å². The van der Waals surface area contributed by atoms with Gasteiger partial charge in [-0.05, 0) is 36.1 Å². The molecule has 0 spiro atoms. The summed E-state index contributed by atoms with van der Waals surface area (Å²) in [6, 6.07) is 11.8. The quantitative estimate of drug-likeness (QED) is 0.509. The van der Waals surface area contributed by atoms with Crippen LogP contribution < -0.4 is 10.2 Å². The lowest BCUT2D eigenvalue weighted by Gasteiger charge is -2.16. The molecule has 1 amide bonds. The number of anilines is 1. The SMILES string of the molecule is O=C(N[C@@H]1CCN(c2cc(-c3cccs3)[nH]n2)C1)c1ccc2nc[nH]c2c1. The van der Waals surface area contributed by atoms with E-state index in [2.05, 4.69) is 47.9 Å². The number of carbonyl (C=O) groups is 1. The van der Waals surface area contributed by atoms with Gasteiger partial charge in [0.2, 0.25) is 0 Å². The molecule has 5 rings (SSSR count). The number of imidazole rings is 1. The van der Waals surface area contributed by atoms with Gasteiger partial charge in [-0.2, -0.15) is 5.10 Å². The lowest BCUT2D eigenvalue weighted by molar-refractivity contribution is 0.0940. The van der Waals surface area contributed by atoms with Gasteiger partial charge in [0.15, 0.2) is 5.82 Å². The summed E-state index contributed by atoms with van der Waals surface area (Å²) in [6.07, 6.45) is 2.54. The van der Waals surface area contributed by atoms with E-state index < -0.39 is 0 Å². The number of carbonyl (C=O) groups excluding carboxylic acids is 1. The molecule has 0 unspecified atom stereocenters. The third-order valence-electron chi connectivity index (χ3n) is 4.88. The summed E-state index contributed by atoms with van der Waals surface area (Å²) in [5.41, 5.74) is 3.40. The zero-order chi connectivity index (χ0) is 18.2. The predicted molar refractivity (Wildman–Crippen MR) is 106 cm³/mol. The Morgan fingerprint density at radius 3 is 3.15 bits per heavy atom. The second-order valence-electron chi connectivity index (χ2n) is 6.66. The van der Waals surface area contributed by atoms with Crippen molar-refractivity contribution < 1.29 is 4.79 Å². The molecule has 0 bridgehead atoms. The Bertz CT molecular complexity index is 1080. The fraction of sp³-hybridized carbons (Fsp3) is 0.211. The number of hydrogen-bond donors (Lipinski definition) is 3. The van der Waals surface area contributed by atoms with Gasteiger partial charge in [0.05, 0.1) is 27.9 Å². The Balaban J connectivity index is 1.25. The van der Waals surface area contributed by atoms with Gasteiger partial charge >= 0.3 is 0 Å². The van der Waals surface area contributed by atoms with Crippen LogP contribution in [0.5, 0.6) is 0 Å². The highest BCUT2D eigenvalue weighted by Gasteiger charge is 2.26. The van der Waals surface area contributed by atoms with Gasteiger partial charge in [0, 0.05) is 30.8 Å². The molecule has 3 aromatic heterocycles. The minimum Gasteiger partial charge on any atom is -0.353 e. The lowest BCUT2D eigenvalue weighted by Crippen LogP contribution is -2.37. The van der Waals surface area contributed by atoms with Crippen LogP contribution in [-0.4, -0.2) is 45.2 Å². The van der Waals surface area contributed by atoms with Gasteiger partial charge in [-0.25, -0.2) is 4.98 Å². The molecule has 1 saturated heterocycles. The molecule has 1 fully saturated rings. The summed E-state index contributed by atoms with van der Waals surface area (Å²) in [6.45, 7) is 1.63. The second-order valence-corrected chi connectivity index (χ2v) is 7.60. The van der Waals surface area contributed by atoms with E-state index in [9.17, 15) is 4.79 Å². The van der Waals surface area contributed by atoms with Crippen molar-refractivity contribution in [3.8, 4) is 10.6 Å². The Morgan fingerprint density at radius 2 is 2.26 bits per heavy atom. The maximum Gasteiger partial charge on any atom is 0.251 e. The molecule has 7 nitrogen and oxygen atoms in total. The number of thiophene rings is 1. The summed E-state index contributed by atoms with van der Waals surface area (Å²) in [4.78, 5) is 23.2. The largest absolute Gasteiger partial charge is 0.353 e. The first-order chi connectivity index (χ1) is 13.3. The number of fused-ring (bicyclic) bond motifs is 1. The minimum atomic E-state index is -0.0559. The van der Waals surface area contributed by atoms with Crippen LogP contribution in [0.3, 0.4) is 0 Å². The molecule has 8 heteroatoms. The van der Waals surface area contributed by atoms with Crippen molar-refractivity contribution in [1.82, 2.24) is 25.5 Å². The van der Waals surface area contributed by atoms with Gasteiger partial charge < -0.3 is 15.2 Å². The van der Waals surface area contributed by atoms with Crippen LogP contribution in [0.15, 0.2) is 48.1 Å². The average molecular weight is 378 g/mol. The van der Waals surface area contributed by atoms with Crippen molar-refractivity contribution in [3.63, 3.8) is 0 Å². The van der Waals surface area contributed by atoms with Crippen LogP contribution in [0, 0.1) is 0 Å². The molecular weight excluding hydrogens is 360 g/mol. The zero-order valence-corrected chi connectivity index (χ0v) is 15.3. The average Bonchev–Trinajstić information content (AvgIpc) is 3.47. The molecule has 0 aliphatic carbocycles. The molecule has 1 aliphatic rings. The van der Waals surface area contributed by atoms with Crippen molar-refractivity contribution in [3.05, 3.63) is 53.7 Å². The molecule has 4 aromatic rings. The first-order valence-corrected chi connectivity index (χ1v) is 9.72. The fourth-order valence-corrected chi connectivity index (χ4v) is 4.16. The molecule has 3 N–H and O–H groups in total. The molecule has 136 valence electrons. The maximum absolute atomic E-state index is 12.6. The topological polar surface area (TPSA) is 89.7 Å². The number of nitrogens with zero attached hydrogens (tertiary/aromatic N) is 3. The Labute approximate surface area is 159 Å². The number of hydrogen-bond acceptors (Lipinski definition) is 5. The standard InChI is InChI=1S/C19H18N6OS/c26-19(12-3-4-14-15(8-12)21-11-20-14)22-13-5-6-25(10-13)18-9-16(23-24-18)17-2-1-7-27-17/h1-4,7-9,11,13H,5-6,10H2,(H,20,21)(H,22,26)(H,23,24)/t13-/m1/s1. The van der Waals surface area contributed by atoms with Gasteiger partial charge in [0.25, 0.3) is 5.91 Å². The lowest BCUT2D eigenvalue weighted by atomic mass is 10.1. The predicted octanol–water partition coefficient (Wildman–Crippen LogP) is 3.02. The summed E-state index contributed by atoms with van der Waals surface area (Å²) in [7, 11) is 0. The van der Waals surface area contributed by atoms with E-state index in [1.807, 2.05) is 24.3 Å². The zero-order valence-electron chi connectivity index (χ0n) is 14.5. The normalized spacial score (nSPS) is 16.9. The minimum absolute atomic E-state index is 0.0559. The van der Waals surface area contributed by atoms with Gasteiger partial charge in [-0.1, -0.05) is 6.07 Å². The number of nitrogens with one attached hydrogen (secondary N) is 3. The van der Waals surface area contributed by atoms with E-state index in [4.69, 9.17) is 0 Å². The molecule has 1 aromatic carbocycles. The summed E-state index contributed by atoms with van der Waals surface area (Å²) in [5.74, 6) is 0.869. The molecule has 0 radical (unpaired) electrons. The third kappa shape index (κ3) is 3.08. The number of benzene rings is 1. The van der Waals surface area contributed by atoms with Crippen LogP contribution in [0.2, 0.25) is 0 Å². The number of aromatic nitrogens is 4. The first-order valence-electron chi connectivity index (χ1n) is 8.84. The number of aromatic amines is 2. The molecular formula is C19H18N6OS. The van der Waals surface area contributed by atoms with E-state index in [1.165, 1.54) is 4.88 Å². The molecule has 1 atom stereocenters. The maximum atomic E-state index is 12.6. The Kier molecular flexibility index (Phi) is 3.90.